The Morgan fingerprint density at radius 3 is 2.57 bits per heavy atom. The van der Waals surface area contributed by atoms with E-state index in [0.29, 0.717) is 13.1 Å². The highest BCUT2D eigenvalue weighted by molar-refractivity contribution is 8.93. The Labute approximate surface area is 144 Å². The number of carbonyl (C=O) groups is 1. The number of nitrogens with two attached hydrogens (primary N) is 1. The minimum atomic E-state index is -0.762. The molecule has 0 aromatic heterocycles. The highest BCUT2D eigenvalue weighted by Crippen LogP contribution is 2.36. The van der Waals surface area contributed by atoms with E-state index in [-0.39, 0.29) is 28.3 Å². The number of halogens is 1. The van der Waals surface area contributed by atoms with E-state index in [4.69, 9.17) is 10.5 Å². The Hall–Kier alpha value is -1.87. The van der Waals surface area contributed by atoms with Crippen molar-refractivity contribution in [2.45, 2.75) is 25.7 Å². The Kier molecular flexibility index (Phi) is 9.91. The zero-order valence-electron chi connectivity index (χ0n) is 12.9. The first-order valence-electron chi connectivity index (χ1n) is 7.05. The van der Waals surface area contributed by atoms with Gasteiger partial charge in [0.15, 0.2) is 5.75 Å². The molecular weight excluding hydrogens is 370 g/mol. The molecule has 0 atom stereocenters. The number of benzene rings is 1. The van der Waals surface area contributed by atoms with E-state index < -0.39 is 22.3 Å². The van der Waals surface area contributed by atoms with Crippen molar-refractivity contribution in [3.05, 3.63) is 27.8 Å². The number of nitro benzene ring substituents is 1. The second kappa shape index (κ2) is 10.8. The molecule has 1 aromatic rings. The summed E-state index contributed by atoms with van der Waals surface area (Å²) in [6.07, 6.45) is 3.72. The van der Waals surface area contributed by atoms with Crippen molar-refractivity contribution in [2.75, 3.05) is 20.2 Å². The molecule has 0 bridgehead atoms. The molecule has 1 aromatic carbocycles. The van der Waals surface area contributed by atoms with Crippen molar-refractivity contribution in [2.24, 2.45) is 5.73 Å². The highest BCUT2D eigenvalue weighted by atomic mass is 79.9. The van der Waals surface area contributed by atoms with Crippen LogP contribution in [0.25, 0.3) is 0 Å². The Bertz CT molecular complexity index is 539. The van der Waals surface area contributed by atoms with Gasteiger partial charge >= 0.3 is 5.69 Å². The summed E-state index contributed by atoms with van der Waals surface area (Å²) in [5.41, 5.74) is 4.90. The number of phenols is 1. The second-order valence-electron chi connectivity index (χ2n) is 4.76. The normalized spacial score (nSPS) is 9.83. The maximum Gasteiger partial charge on any atom is 0.315 e. The lowest BCUT2D eigenvalue weighted by Gasteiger charge is -2.08. The van der Waals surface area contributed by atoms with Gasteiger partial charge in [0, 0.05) is 12.6 Å². The number of hydrogen-bond acceptors (Lipinski definition) is 6. The van der Waals surface area contributed by atoms with Crippen LogP contribution < -0.4 is 15.8 Å². The first kappa shape index (κ1) is 21.1. The van der Waals surface area contributed by atoms with Crippen LogP contribution in [0.15, 0.2) is 12.1 Å². The third kappa shape index (κ3) is 6.41. The van der Waals surface area contributed by atoms with Gasteiger partial charge in [-0.25, -0.2) is 0 Å². The van der Waals surface area contributed by atoms with Crippen LogP contribution in [0.3, 0.4) is 0 Å². The maximum atomic E-state index is 12.0. The highest BCUT2D eigenvalue weighted by Gasteiger charge is 2.22. The number of nitrogens with zero attached hydrogens (tertiary/aromatic N) is 1. The fourth-order valence-corrected chi connectivity index (χ4v) is 1.95. The molecule has 0 radical (unpaired) electrons. The summed E-state index contributed by atoms with van der Waals surface area (Å²) < 4.78 is 4.85. The minimum Gasteiger partial charge on any atom is -0.500 e. The molecule has 0 spiro atoms. The van der Waals surface area contributed by atoms with Crippen LogP contribution in [0, 0.1) is 10.1 Å². The molecular formula is C14H22BrN3O5. The SMILES string of the molecule is Br.COc1cc(C(=O)NCCCCCCN)cc([N+](=O)[O-])c1O. The van der Waals surface area contributed by atoms with Gasteiger partial charge in [0.25, 0.3) is 5.91 Å². The average molecular weight is 392 g/mol. The van der Waals surface area contributed by atoms with E-state index in [9.17, 15) is 20.0 Å². The molecule has 1 rings (SSSR count). The smallest absolute Gasteiger partial charge is 0.315 e. The van der Waals surface area contributed by atoms with Gasteiger partial charge in [-0.1, -0.05) is 12.8 Å². The van der Waals surface area contributed by atoms with E-state index in [0.717, 1.165) is 31.7 Å². The maximum absolute atomic E-state index is 12.0. The zero-order valence-corrected chi connectivity index (χ0v) is 14.6. The zero-order chi connectivity index (χ0) is 16.5. The van der Waals surface area contributed by atoms with Crippen LogP contribution in [0.5, 0.6) is 11.5 Å². The molecule has 0 saturated heterocycles. The summed E-state index contributed by atoms with van der Waals surface area (Å²) in [5, 5.41) is 23.2. The first-order chi connectivity index (χ1) is 10.5. The van der Waals surface area contributed by atoms with Crippen molar-refractivity contribution in [1.82, 2.24) is 5.32 Å². The van der Waals surface area contributed by atoms with Crippen LogP contribution in [0.2, 0.25) is 0 Å². The summed E-state index contributed by atoms with van der Waals surface area (Å²) in [4.78, 5) is 22.1. The lowest BCUT2D eigenvalue weighted by Crippen LogP contribution is -2.24. The van der Waals surface area contributed by atoms with Gasteiger partial charge in [0.1, 0.15) is 0 Å². The third-order valence-corrected chi connectivity index (χ3v) is 3.15. The van der Waals surface area contributed by atoms with E-state index in [2.05, 4.69) is 5.32 Å². The quantitative estimate of drug-likeness (QED) is 0.336. The molecule has 1 amide bonds. The number of phenolic OH excluding ortho intramolecular Hbond substituents is 1. The lowest BCUT2D eigenvalue weighted by atomic mass is 10.1. The Morgan fingerprint density at radius 1 is 1.35 bits per heavy atom. The van der Waals surface area contributed by atoms with Crippen molar-refractivity contribution in [1.29, 1.82) is 0 Å². The molecule has 0 aliphatic rings. The van der Waals surface area contributed by atoms with Gasteiger partial charge in [0.2, 0.25) is 5.75 Å². The summed E-state index contributed by atoms with van der Waals surface area (Å²) in [7, 11) is 1.26. The van der Waals surface area contributed by atoms with Gasteiger partial charge in [-0.3, -0.25) is 14.9 Å². The average Bonchev–Trinajstić information content (AvgIpc) is 2.50. The van der Waals surface area contributed by atoms with Gasteiger partial charge in [-0.15, -0.1) is 17.0 Å². The molecule has 0 saturated carbocycles. The van der Waals surface area contributed by atoms with Gasteiger partial charge in [0.05, 0.1) is 17.6 Å². The topological polar surface area (TPSA) is 128 Å². The van der Waals surface area contributed by atoms with E-state index in [1.165, 1.54) is 13.2 Å². The molecule has 8 nitrogen and oxygen atoms in total. The largest absolute Gasteiger partial charge is 0.500 e. The number of methoxy groups -OCH3 is 1. The van der Waals surface area contributed by atoms with Crippen LogP contribution in [-0.4, -0.2) is 36.1 Å². The van der Waals surface area contributed by atoms with Gasteiger partial charge in [-0.05, 0) is 25.5 Å². The standard InChI is InChI=1S/C14H21N3O5.BrH/c1-22-12-9-10(8-11(13(12)18)17(20)21)14(19)16-7-5-3-2-4-6-15;/h8-9,18H,2-7,15H2,1H3,(H,16,19);1H. The van der Waals surface area contributed by atoms with Crippen molar-refractivity contribution in [3.8, 4) is 11.5 Å². The lowest BCUT2D eigenvalue weighted by molar-refractivity contribution is -0.386. The number of hydrogen-bond donors (Lipinski definition) is 3. The number of amides is 1. The summed E-state index contributed by atoms with van der Waals surface area (Å²) >= 11 is 0. The van der Waals surface area contributed by atoms with E-state index in [1.807, 2.05) is 0 Å². The van der Waals surface area contributed by atoms with Crippen molar-refractivity contribution < 1.29 is 19.6 Å². The van der Waals surface area contributed by atoms with Crippen LogP contribution >= 0.6 is 17.0 Å². The monoisotopic (exact) mass is 391 g/mol. The Morgan fingerprint density at radius 2 is 2.00 bits per heavy atom. The number of carbonyl (C=O) groups excluding carboxylic acids is 1. The fourth-order valence-electron chi connectivity index (χ4n) is 1.95. The van der Waals surface area contributed by atoms with Gasteiger partial charge in [-0.2, -0.15) is 0 Å². The number of ether oxygens (including phenoxy) is 1. The number of nitrogens with one attached hydrogen (secondary N) is 1. The molecule has 0 unspecified atom stereocenters. The second-order valence-corrected chi connectivity index (χ2v) is 4.76. The Balaban J connectivity index is 0.00000484. The van der Waals surface area contributed by atoms with Crippen molar-refractivity contribution in [3.63, 3.8) is 0 Å². The summed E-state index contributed by atoms with van der Waals surface area (Å²) in [5.74, 6) is -1.15. The van der Waals surface area contributed by atoms with Crippen LogP contribution in [-0.2, 0) is 0 Å². The van der Waals surface area contributed by atoms with Crippen LogP contribution in [0.4, 0.5) is 5.69 Å². The summed E-state index contributed by atoms with van der Waals surface area (Å²) in [6, 6.07) is 2.30. The number of unbranched alkanes of at least 4 members (excludes halogenated alkanes) is 3. The minimum absolute atomic E-state index is 0. The number of rotatable bonds is 9. The van der Waals surface area contributed by atoms with E-state index >= 15 is 0 Å². The van der Waals surface area contributed by atoms with Crippen molar-refractivity contribution >= 4 is 28.6 Å². The summed E-state index contributed by atoms with van der Waals surface area (Å²) in [6.45, 7) is 1.13. The van der Waals surface area contributed by atoms with Gasteiger partial charge < -0.3 is 20.9 Å². The third-order valence-electron chi connectivity index (χ3n) is 3.15. The molecule has 130 valence electrons. The van der Waals surface area contributed by atoms with Crippen LogP contribution in [0.1, 0.15) is 36.0 Å². The predicted octanol–water partition coefficient (Wildman–Crippen LogP) is 2.14. The predicted molar refractivity (Wildman–Crippen MR) is 91.5 cm³/mol. The molecule has 9 heteroatoms. The first-order valence-corrected chi connectivity index (χ1v) is 7.05. The van der Waals surface area contributed by atoms with E-state index in [1.54, 1.807) is 0 Å². The number of aromatic hydroxyl groups is 1. The molecule has 4 N–H and O–H groups in total. The molecule has 0 heterocycles. The molecule has 0 aliphatic carbocycles. The molecule has 0 fully saturated rings. The fraction of sp³-hybridized carbons (Fsp3) is 0.500. The number of nitro groups is 1. The molecule has 23 heavy (non-hydrogen) atoms. The molecule has 0 aliphatic heterocycles.